The Morgan fingerprint density at radius 1 is 1.38 bits per heavy atom. The Balaban J connectivity index is 1.78. The number of anilines is 1. The number of benzene rings is 1. The van der Waals surface area contributed by atoms with Crippen molar-refractivity contribution in [2.75, 3.05) is 5.32 Å². The summed E-state index contributed by atoms with van der Waals surface area (Å²) in [6, 6.07) is 4.93. The van der Waals surface area contributed by atoms with E-state index in [0.717, 1.165) is 0 Å². The van der Waals surface area contributed by atoms with Gasteiger partial charge in [0.1, 0.15) is 6.33 Å². The second kappa shape index (κ2) is 5.13. The first-order chi connectivity index (χ1) is 10.1. The molecule has 8 nitrogen and oxygen atoms in total. The maximum Gasteiger partial charge on any atom is 0.307 e. The Kier molecular flexibility index (Phi) is 3.30. The second-order valence-electron chi connectivity index (χ2n) is 4.69. The molecule has 2 aromatic rings. The molecule has 9 heteroatoms. The molecule has 1 aliphatic carbocycles. The van der Waals surface area contributed by atoms with Crippen molar-refractivity contribution in [1.29, 1.82) is 0 Å². The minimum absolute atomic E-state index is 0.349. The van der Waals surface area contributed by atoms with Crippen LogP contribution in [-0.2, 0) is 9.59 Å². The third-order valence-electron chi connectivity index (χ3n) is 3.27. The topological polar surface area (TPSA) is 110 Å². The highest BCUT2D eigenvalue weighted by Gasteiger charge is 2.48. The van der Waals surface area contributed by atoms with E-state index < -0.39 is 17.8 Å². The molecule has 2 unspecified atom stereocenters. The molecule has 21 heavy (non-hydrogen) atoms. The quantitative estimate of drug-likeness (QED) is 0.871. The molecule has 1 fully saturated rings. The second-order valence-corrected chi connectivity index (χ2v) is 5.10. The Hall–Kier alpha value is -2.48. The summed E-state index contributed by atoms with van der Waals surface area (Å²) in [6.45, 7) is 0. The normalized spacial score (nSPS) is 20.0. The minimum atomic E-state index is -0.955. The highest BCUT2D eigenvalue weighted by molar-refractivity contribution is 6.33. The van der Waals surface area contributed by atoms with Crippen LogP contribution in [0, 0.1) is 11.8 Å². The number of carbonyl (C=O) groups is 2. The molecule has 1 saturated carbocycles. The summed E-state index contributed by atoms with van der Waals surface area (Å²) in [5.41, 5.74) is 1.02. The first-order valence-corrected chi connectivity index (χ1v) is 6.50. The largest absolute Gasteiger partial charge is 0.481 e. The van der Waals surface area contributed by atoms with Gasteiger partial charge in [-0.05, 0) is 35.0 Å². The van der Waals surface area contributed by atoms with Gasteiger partial charge in [-0.25, -0.2) is 4.68 Å². The monoisotopic (exact) mass is 307 g/mol. The van der Waals surface area contributed by atoms with E-state index in [1.807, 2.05) is 0 Å². The highest BCUT2D eigenvalue weighted by Crippen LogP contribution is 2.40. The third kappa shape index (κ3) is 2.70. The van der Waals surface area contributed by atoms with Crippen LogP contribution in [0.25, 0.3) is 5.69 Å². The van der Waals surface area contributed by atoms with Crippen LogP contribution in [-0.4, -0.2) is 37.2 Å². The predicted molar refractivity (Wildman–Crippen MR) is 72.0 cm³/mol. The van der Waals surface area contributed by atoms with Crippen LogP contribution in [0.3, 0.4) is 0 Å². The zero-order chi connectivity index (χ0) is 15.0. The fourth-order valence-electron chi connectivity index (χ4n) is 2.01. The zero-order valence-corrected chi connectivity index (χ0v) is 11.4. The lowest BCUT2D eigenvalue weighted by Crippen LogP contribution is -2.17. The number of aliphatic carboxylic acids is 1. The number of amides is 1. The van der Waals surface area contributed by atoms with Crippen molar-refractivity contribution >= 4 is 29.2 Å². The van der Waals surface area contributed by atoms with Crippen molar-refractivity contribution in [1.82, 2.24) is 20.2 Å². The molecule has 108 valence electrons. The fourth-order valence-corrected chi connectivity index (χ4v) is 2.18. The molecule has 2 atom stereocenters. The van der Waals surface area contributed by atoms with Gasteiger partial charge in [0.25, 0.3) is 0 Å². The standard InChI is InChI=1S/C12H10ClN5O3/c13-9-2-1-6(18-5-14-16-17-18)3-10(9)15-11(19)7-4-8(7)12(20)21/h1-3,5,7-8H,4H2,(H,15,19)(H,20,21). The van der Waals surface area contributed by atoms with Gasteiger partial charge < -0.3 is 10.4 Å². The maximum atomic E-state index is 12.0. The molecule has 3 rings (SSSR count). The van der Waals surface area contributed by atoms with Gasteiger partial charge in [-0.1, -0.05) is 11.6 Å². The van der Waals surface area contributed by atoms with Crippen molar-refractivity contribution in [2.24, 2.45) is 11.8 Å². The first-order valence-electron chi connectivity index (χ1n) is 6.13. The van der Waals surface area contributed by atoms with Gasteiger partial charge in [-0.2, -0.15) is 0 Å². The number of rotatable bonds is 4. The Morgan fingerprint density at radius 2 is 2.19 bits per heavy atom. The molecule has 0 radical (unpaired) electrons. The summed E-state index contributed by atoms with van der Waals surface area (Å²) in [5, 5.41) is 22.6. The van der Waals surface area contributed by atoms with Crippen LogP contribution in [0.1, 0.15) is 6.42 Å². The van der Waals surface area contributed by atoms with Gasteiger partial charge in [0.15, 0.2) is 0 Å². The fraction of sp³-hybridized carbons (Fsp3) is 0.250. The van der Waals surface area contributed by atoms with E-state index in [4.69, 9.17) is 16.7 Å². The van der Waals surface area contributed by atoms with Crippen LogP contribution >= 0.6 is 11.6 Å². The smallest absolute Gasteiger partial charge is 0.307 e. The van der Waals surface area contributed by atoms with Gasteiger partial charge in [-0.3, -0.25) is 9.59 Å². The van der Waals surface area contributed by atoms with Crippen LogP contribution in [0.4, 0.5) is 5.69 Å². The molecular formula is C12H10ClN5O3. The van der Waals surface area contributed by atoms with Crippen molar-refractivity contribution in [3.05, 3.63) is 29.5 Å². The minimum Gasteiger partial charge on any atom is -0.481 e. The summed E-state index contributed by atoms with van der Waals surface area (Å²) >= 11 is 6.03. The van der Waals surface area contributed by atoms with E-state index in [0.29, 0.717) is 22.8 Å². The summed E-state index contributed by atoms with van der Waals surface area (Å²) in [6.07, 6.45) is 1.77. The van der Waals surface area contributed by atoms with Crippen molar-refractivity contribution in [2.45, 2.75) is 6.42 Å². The zero-order valence-electron chi connectivity index (χ0n) is 10.6. The predicted octanol–water partition coefficient (Wildman–Crippen LogP) is 0.975. The molecule has 0 saturated heterocycles. The Morgan fingerprint density at radius 3 is 2.81 bits per heavy atom. The van der Waals surface area contributed by atoms with Crippen molar-refractivity contribution in [3.8, 4) is 5.69 Å². The van der Waals surface area contributed by atoms with Gasteiger partial charge in [0.2, 0.25) is 5.91 Å². The molecular weight excluding hydrogens is 298 g/mol. The Labute approximate surface area is 123 Å². The lowest BCUT2D eigenvalue weighted by molar-refractivity contribution is -0.139. The third-order valence-corrected chi connectivity index (χ3v) is 3.60. The van der Waals surface area contributed by atoms with Gasteiger partial charge >= 0.3 is 5.97 Å². The lowest BCUT2D eigenvalue weighted by atomic mass is 10.2. The summed E-state index contributed by atoms with van der Waals surface area (Å²) in [5.74, 6) is -2.41. The van der Waals surface area contributed by atoms with Gasteiger partial charge in [-0.15, -0.1) is 5.10 Å². The van der Waals surface area contributed by atoms with Gasteiger partial charge in [0.05, 0.1) is 28.2 Å². The maximum absolute atomic E-state index is 12.0. The molecule has 0 spiro atoms. The van der Waals surface area contributed by atoms with E-state index in [-0.39, 0.29) is 5.91 Å². The van der Waals surface area contributed by atoms with Crippen LogP contribution in [0.5, 0.6) is 0 Å². The van der Waals surface area contributed by atoms with Crippen LogP contribution in [0.15, 0.2) is 24.5 Å². The van der Waals surface area contributed by atoms with E-state index in [2.05, 4.69) is 20.8 Å². The summed E-state index contributed by atoms with van der Waals surface area (Å²) in [7, 11) is 0. The molecule has 1 aliphatic rings. The average Bonchev–Trinajstić information content (AvgIpc) is 3.09. The number of hydrogen-bond donors (Lipinski definition) is 2. The summed E-state index contributed by atoms with van der Waals surface area (Å²) in [4.78, 5) is 22.7. The van der Waals surface area contributed by atoms with E-state index in [1.165, 1.54) is 11.0 Å². The van der Waals surface area contributed by atoms with E-state index in [1.54, 1.807) is 18.2 Å². The molecule has 2 N–H and O–H groups in total. The lowest BCUT2D eigenvalue weighted by Gasteiger charge is -2.08. The molecule has 1 aromatic heterocycles. The van der Waals surface area contributed by atoms with E-state index in [9.17, 15) is 9.59 Å². The van der Waals surface area contributed by atoms with Crippen molar-refractivity contribution < 1.29 is 14.7 Å². The first kappa shape index (κ1) is 13.5. The number of carboxylic acids is 1. The van der Waals surface area contributed by atoms with Crippen LogP contribution in [0.2, 0.25) is 5.02 Å². The number of aromatic nitrogens is 4. The molecule has 1 aromatic carbocycles. The highest BCUT2D eigenvalue weighted by atomic mass is 35.5. The molecule has 0 aliphatic heterocycles. The number of nitrogens with zero attached hydrogens (tertiary/aromatic N) is 4. The number of halogens is 1. The number of tetrazole rings is 1. The van der Waals surface area contributed by atoms with Crippen LogP contribution < -0.4 is 5.32 Å². The molecule has 1 amide bonds. The van der Waals surface area contributed by atoms with E-state index >= 15 is 0 Å². The molecule has 0 bridgehead atoms. The molecule has 1 heterocycles. The van der Waals surface area contributed by atoms with Crippen molar-refractivity contribution in [3.63, 3.8) is 0 Å². The number of nitrogens with one attached hydrogen (secondary N) is 1. The number of carboxylic acid groups (broad SMARTS) is 1. The number of hydrogen-bond acceptors (Lipinski definition) is 5. The SMILES string of the molecule is O=C(O)C1CC1C(=O)Nc1cc(-n2cnnn2)ccc1Cl. The van der Waals surface area contributed by atoms with Gasteiger partial charge in [0, 0.05) is 0 Å². The Bertz CT molecular complexity index is 703. The number of carbonyl (C=O) groups excluding carboxylic acids is 1. The summed E-state index contributed by atoms with van der Waals surface area (Å²) < 4.78 is 1.42. The average molecular weight is 308 g/mol.